The van der Waals surface area contributed by atoms with Crippen LogP contribution in [0.4, 0.5) is 4.79 Å². The van der Waals surface area contributed by atoms with Crippen LogP contribution in [-0.2, 0) is 18.3 Å². The minimum atomic E-state index is -0.108. The Kier molecular flexibility index (Phi) is 6.45. The fourth-order valence-electron chi connectivity index (χ4n) is 3.23. The van der Waals surface area contributed by atoms with Crippen molar-refractivity contribution in [3.63, 3.8) is 0 Å². The molecule has 0 radical (unpaired) electrons. The quantitative estimate of drug-likeness (QED) is 0.845. The second kappa shape index (κ2) is 8.34. The van der Waals surface area contributed by atoms with Crippen molar-refractivity contribution in [1.29, 1.82) is 0 Å². The van der Waals surface area contributed by atoms with Gasteiger partial charge in [0.05, 0.1) is 12.3 Å². The van der Waals surface area contributed by atoms with E-state index in [1.807, 2.05) is 18.7 Å². The zero-order valence-corrected chi connectivity index (χ0v) is 14.8. The molecular formula is C17H30N4O2. The van der Waals surface area contributed by atoms with Gasteiger partial charge in [-0.05, 0) is 25.7 Å². The van der Waals surface area contributed by atoms with Gasteiger partial charge < -0.3 is 15.4 Å². The van der Waals surface area contributed by atoms with E-state index in [9.17, 15) is 4.79 Å². The molecule has 0 saturated carbocycles. The van der Waals surface area contributed by atoms with Crippen LogP contribution in [0.2, 0.25) is 0 Å². The number of aryl methyl sites for hydroxylation is 1. The number of urea groups is 1. The molecule has 1 aromatic heterocycles. The first kappa shape index (κ1) is 17.8. The van der Waals surface area contributed by atoms with Crippen molar-refractivity contribution in [2.75, 3.05) is 6.61 Å². The van der Waals surface area contributed by atoms with Gasteiger partial charge in [0, 0.05) is 37.5 Å². The third-order valence-electron chi connectivity index (χ3n) is 5.00. The Morgan fingerprint density at radius 2 is 2.22 bits per heavy atom. The fourth-order valence-corrected chi connectivity index (χ4v) is 3.23. The Morgan fingerprint density at radius 3 is 2.83 bits per heavy atom. The third-order valence-corrected chi connectivity index (χ3v) is 5.00. The lowest BCUT2D eigenvalue weighted by atomic mass is 9.89. The molecule has 0 spiro atoms. The van der Waals surface area contributed by atoms with Crippen molar-refractivity contribution >= 4 is 6.03 Å². The second-order valence-electron chi connectivity index (χ2n) is 6.41. The summed E-state index contributed by atoms with van der Waals surface area (Å²) < 4.78 is 7.71. The lowest BCUT2D eigenvalue weighted by Gasteiger charge is -2.34. The summed E-state index contributed by atoms with van der Waals surface area (Å²) in [7, 11) is 1.90. The molecule has 1 aromatic rings. The molecule has 6 heteroatoms. The summed E-state index contributed by atoms with van der Waals surface area (Å²) in [6.07, 6.45) is 6.11. The number of aromatic nitrogens is 2. The number of ether oxygens (including phenoxy) is 1. The van der Waals surface area contributed by atoms with Gasteiger partial charge in [-0.25, -0.2) is 4.79 Å². The van der Waals surface area contributed by atoms with Gasteiger partial charge in [0.25, 0.3) is 0 Å². The molecule has 2 rings (SSSR count). The van der Waals surface area contributed by atoms with E-state index < -0.39 is 0 Å². The molecule has 0 aromatic carbocycles. The van der Waals surface area contributed by atoms with Crippen LogP contribution in [0, 0.1) is 12.8 Å². The van der Waals surface area contributed by atoms with E-state index in [0.717, 1.165) is 43.5 Å². The Labute approximate surface area is 139 Å². The normalized spacial score (nSPS) is 21.4. The van der Waals surface area contributed by atoms with Crippen molar-refractivity contribution in [2.24, 2.45) is 13.0 Å². The van der Waals surface area contributed by atoms with Gasteiger partial charge in [-0.1, -0.05) is 26.7 Å². The lowest BCUT2D eigenvalue weighted by Crippen LogP contribution is -2.47. The summed E-state index contributed by atoms with van der Waals surface area (Å²) in [6, 6.07) is 0.0906. The number of amides is 2. The van der Waals surface area contributed by atoms with Gasteiger partial charge in [-0.2, -0.15) is 5.10 Å². The predicted molar refractivity (Wildman–Crippen MR) is 90.2 cm³/mol. The minimum absolute atomic E-state index is 0.108. The summed E-state index contributed by atoms with van der Waals surface area (Å²) in [4.78, 5) is 12.1. The van der Waals surface area contributed by atoms with Crippen LogP contribution < -0.4 is 10.6 Å². The number of carbonyl (C=O) groups excluding carboxylic acids is 1. The Morgan fingerprint density at radius 1 is 1.48 bits per heavy atom. The number of rotatable bonds is 6. The van der Waals surface area contributed by atoms with E-state index >= 15 is 0 Å². The van der Waals surface area contributed by atoms with Crippen LogP contribution in [0.25, 0.3) is 0 Å². The Hall–Kier alpha value is -1.56. The van der Waals surface area contributed by atoms with E-state index in [0.29, 0.717) is 12.5 Å². The standard InChI is InChI=1S/C17H30N4O2/c1-5-13(6-2)16-9-15(7-8-23-16)20-17(22)18-10-14-11-19-21(4)12(14)3/h11,13,15-16H,5-10H2,1-4H3,(H2,18,20,22)/t15-,16+/m0/s1. The third kappa shape index (κ3) is 4.70. The molecule has 1 fully saturated rings. The zero-order chi connectivity index (χ0) is 16.8. The van der Waals surface area contributed by atoms with Gasteiger partial charge in [-0.15, -0.1) is 0 Å². The van der Waals surface area contributed by atoms with Crippen LogP contribution in [0.3, 0.4) is 0 Å². The number of carbonyl (C=O) groups is 1. The summed E-state index contributed by atoms with van der Waals surface area (Å²) in [5.74, 6) is 0.584. The van der Waals surface area contributed by atoms with Gasteiger partial charge in [-0.3, -0.25) is 4.68 Å². The average Bonchev–Trinajstić information content (AvgIpc) is 2.86. The predicted octanol–water partition coefficient (Wildman–Crippen LogP) is 2.51. The maximum atomic E-state index is 12.1. The van der Waals surface area contributed by atoms with E-state index in [1.165, 1.54) is 0 Å². The van der Waals surface area contributed by atoms with Crippen LogP contribution >= 0.6 is 0 Å². The molecule has 0 bridgehead atoms. The molecule has 130 valence electrons. The van der Waals surface area contributed by atoms with Crippen molar-refractivity contribution in [3.05, 3.63) is 17.5 Å². The number of hydrogen-bond acceptors (Lipinski definition) is 3. The second-order valence-corrected chi connectivity index (χ2v) is 6.41. The number of nitrogens with zero attached hydrogens (tertiary/aromatic N) is 2. The molecule has 1 aliphatic heterocycles. The molecule has 2 N–H and O–H groups in total. The van der Waals surface area contributed by atoms with E-state index in [-0.39, 0.29) is 18.2 Å². The molecule has 1 aliphatic rings. The van der Waals surface area contributed by atoms with Gasteiger partial charge in [0.1, 0.15) is 0 Å². The topological polar surface area (TPSA) is 68.2 Å². The molecular weight excluding hydrogens is 292 g/mol. The summed E-state index contributed by atoms with van der Waals surface area (Å²) in [5.41, 5.74) is 2.12. The number of nitrogens with one attached hydrogen (secondary N) is 2. The number of hydrogen-bond donors (Lipinski definition) is 2. The fraction of sp³-hybridized carbons (Fsp3) is 0.765. The van der Waals surface area contributed by atoms with Gasteiger partial charge in [0.15, 0.2) is 0 Å². The highest BCUT2D eigenvalue weighted by molar-refractivity contribution is 5.74. The first-order chi connectivity index (χ1) is 11.0. The Bertz CT molecular complexity index is 511. The molecule has 23 heavy (non-hydrogen) atoms. The van der Waals surface area contributed by atoms with Crippen molar-refractivity contribution in [1.82, 2.24) is 20.4 Å². The molecule has 1 saturated heterocycles. The Balaban J connectivity index is 1.79. The van der Waals surface area contributed by atoms with Crippen molar-refractivity contribution in [3.8, 4) is 0 Å². The minimum Gasteiger partial charge on any atom is -0.378 e. The maximum absolute atomic E-state index is 12.1. The van der Waals surface area contributed by atoms with Crippen LogP contribution in [-0.4, -0.2) is 34.6 Å². The highest BCUT2D eigenvalue weighted by atomic mass is 16.5. The largest absolute Gasteiger partial charge is 0.378 e. The first-order valence-corrected chi connectivity index (χ1v) is 8.68. The van der Waals surface area contributed by atoms with E-state index in [4.69, 9.17) is 4.74 Å². The highest BCUT2D eigenvalue weighted by Gasteiger charge is 2.28. The van der Waals surface area contributed by atoms with E-state index in [2.05, 4.69) is 29.6 Å². The highest BCUT2D eigenvalue weighted by Crippen LogP contribution is 2.25. The average molecular weight is 322 g/mol. The molecule has 0 aliphatic carbocycles. The van der Waals surface area contributed by atoms with Gasteiger partial charge >= 0.3 is 6.03 Å². The molecule has 2 amide bonds. The smallest absolute Gasteiger partial charge is 0.315 e. The van der Waals surface area contributed by atoms with Crippen LogP contribution in [0.5, 0.6) is 0 Å². The van der Waals surface area contributed by atoms with Crippen LogP contribution in [0.1, 0.15) is 50.8 Å². The SMILES string of the molecule is CCC(CC)[C@H]1C[C@@H](NC(=O)NCc2cnn(C)c2C)CCO1. The summed E-state index contributed by atoms with van der Waals surface area (Å²) in [5, 5.41) is 10.2. The lowest BCUT2D eigenvalue weighted by molar-refractivity contribution is -0.0331. The van der Waals surface area contributed by atoms with E-state index in [1.54, 1.807) is 6.20 Å². The zero-order valence-electron chi connectivity index (χ0n) is 14.8. The monoisotopic (exact) mass is 322 g/mol. The molecule has 6 nitrogen and oxygen atoms in total. The molecule has 0 unspecified atom stereocenters. The summed E-state index contributed by atoms with van der Waals surface area (Å²) in [6.45, 7) is 7.65. The van der Waals surface area contributed by atoms with Crippen molar-refractivity contribution < 1.29 is 9.53 Å². The van der Waals surface area contributed by atoms with Crippen LogP contribution in [0.15, 0.2) is 6.20 Å². The van der Waals surface area contributed by atoms with Crippen molar-refractivity contribution in [2.45, 2.75) is 65.1 Å². The maximum Gasteiger partial charge on any atom is 0.315 e. The van der Waals surface area contributed by atoms with Gasteiger partial charge in [0.2, 0.25) is 0 Å². The molecule has 2 heterocycles. The molecule has 2 atom stereocenters. The summed E-state index contributed by atoms with van der Waals surface area (Å²) >= 11 is 0. The first-order valence-electron chi connectivity index (χ1n) is 8.68.